The predicted molar refractivity (Wildman–Crippen MR) is 103 cm³/mol. The zero-order chi connectivity index (χ0) is 18.4. The molecule has 0 aromatic heterocycles. The Morgan fingerprint density at radius 2 is 1.56 bits per heavy atom. The molecule has 0 aliphatic carbocycles. The second kappa shape index (κ2) is 8.67. The Kier molecular flexibility index (Phi) is 6.58. The summed E-state index contributed by atoms with van der Waals surface area (Å²) in [6, 6.07) is 10.9. The van der Waals surface area contributed by atoms with Gasteiger partial charge in [0.05, 0.1) is 0 Å². The van der Waals surface area contributed by atoms with Crippen LogP contribution in [-0.2, 0) is 9.59 Å². The number of hydrogen-bond acceptors (Lipinski definition) is 3. The summed E-state index contributed by atoms with van der Waals surface area (Å²) in [6.45, 7) is 5.56. The molecule has 0 saturated heterocycles. The van der Waals surface area contributed by atoms with E-state index in [-0.39, 0.29) is 18.4 Å². The van der Waals surface area contributed by atoms with Crippen molar-refractivity contribution in [3.63, 3.8) is 0 Å². The van der Waals surface area contributed by atoms with Gasteiger partial charge in [0.15, 0.2) is 6.61 Å². The average Bonchev–Trinajstić information content (AvgIpc) is 2.54. The van der Waals surface area contributed by atoms with Crippen LogP contribution < -0.4 is 15.4 Å². The van der Waals surface area contributed by atoms with Crippen molar-refractivity contribution >= 4 is 39.1 Å². The Hall–Kier alpha value is -2.34. The van der Waals surface area contributed by atoms with E-state index in [1.54, 1.807) is 31.2 Å². The van der Waals surface area contributed by atoms with E-state index in [1.807, 2.05) is 26.0 Å². The fourth-order valence-corrected chi connectivity index (χ4v) is 3.07. The van der Waals surface area contributed by atoms with Crippen LogP contribution in [0.2, 0.25) is 0 Å². The molecule has 0 spiro atoms. The fraction of sp³-hybridized carbons (Fsp3) is 0.263. The minimum absolute atomic E-state index is 0.0759. The average molecular weight is 405 g/mol. The number of amides is 2. The van der Waals surface area contributed by atoms with E-state index in [0.717, 1.165) is 15.6 Å². The highest BCUT2D eigenvalue weighted by Crippen LogP contribution is 2.27. The molecule has 0 aliphatic rings. The topological polar surface area (TPSA) is 67.4 Å². The largest absolute Gasteiger partial charge is 0.483 e. The van der Waals surface area contributed by atoms with E-state index in [1.165, 1.54) is 0 Å². The van der Waals surface area contributed by atoms with E-state index < -0.39 is 0 Å². The van der Waals surface area contributed by atoms with Crippen LogP contribution in [0.3, 0.4) is 0 Å². The first-order valence-corrected chi connectivity index (χ1v) is 8.77. The molecule has 0 aliphatic heterocycles. The number of rotatable bonds is 6. The van der Waals surface area contributed by atoms with Gasteiger partial charge in [-0.3, -0.25) is 9.59 Å². The molecule has 0 radical (unpaired) electrons. The lowest BCUT2D eigenvalue weighted by Gasteiger charge is -2.13. The zero-order valence-corrected chi connectivity index (χ0v) is 16.1. The normalized spacial score (nSPS) is 10.2. The number of aryl methyl sites for hydroxylation is 2. The molecule has 2 aromatic carbocycles. The minimum Gasteiger partial charge on any atom is -0.483 e. The highest BCUT2D eigenvalue weighted by Gasteiger charge is 2.09. The number of halogens is 1. The van der Waals surface area contributed by atoms with E-state index in [4.69, 9.17) is 4.74 Å². The smallest absolute Gasteiger partial charge is 0.262 e. The van der Waals surface area contributed by atoms with Gasteiger partial charge in [0.2, 0.25) is 5.91 Å². The molecule has 0 atom stereocenters. The SMILES string of the molecule is CCC(=O)Nc1cccc(NC(=O)COc2c(C)cc(Br)cc2C)c1. The van der Waals surface area contributed by atoms with E-state index in [2.05, 4.69) is 26.6 Å². The third-order valence-electron chi connectivity index (χ3n) is 3.52. The van der Waals surface area contributed by atoms with Crippen molar-refractivity contribution in [2.45, 2.75) is 27.2 Å². The third kappa shape index (κ3) is 5.60. The first kappa shape index (κ1) is 19.0. The number of anilines is 2. The van der Waals surface area contributed by atoms with Gasteiger partial charge in [-0.15, -0.1) is 0 Å². The van der Waals surface area contributed by atoms with Gasteiger partial charge in [0.1, 0.15) is 5.75 Å². The molecule has 6 heteroatoms. The van der Waals surface area contributed by atoms with Crippen LogP contribution in [0.25, 0.3) is 0 Å². The van der Waals surface area contributed by atoms with Crippen LogP contribution in [0, 0.1) is 13.8 Å². The molecule has 0 unspecified atom stereocenters. The van der Waals surface area contributed by atoms with Crippen LogP contribution in [0.5, 0.6) is 5.75 Å². The van der Waals surface area contributed by atoms with Crippen molar-refractivity contribution in [2.75, 3.05) is 17.2 Å². The summed E-state index contributed by atoms with van der Waals surface area (Å²) in [5.74, 6) is 0.371. The Bertz CT molecular complexity index is 767. The number of ether oxygens (including phenoxy) is 1. The number of carbonyl (C=O) groups excluding carboxylic acids is 2. The number of carbonyl (C=O) groups is 2. The van der Waals surface area contributed by atoms with Crippen molar-refractivity contribution in [3.8, 4) is 5.75 Å². The quantitative estimate of drug-likeness (QED) is 0.747. The van der Waals surface area contributed by atoms with E-state index in [9.17, 15) is 9.59 Å². The maximum absolute atomic E-state index is 12.1. The fourth-order valence-electron chi connectivity index (χ4n) is 2.38. The molecule has 2 rings (SSSR count). The summed E-state index contributed by atoms with van der Waals surface area (Å²) >= 11 is 3.44. The molecule has 25 heavy (non-hydrogen) atoms. The first-order chi connectivity index (χ1) is 11.9. The molecule has 0 bridgehead atoms. The Labute approximate surface area is 155 Å². The van der Waals surface area contributed by atoms with Crippen LogP contribution in [0.15, 0.2) is 40.9 Å². The summed E-state index contributed by atoms with van der Waals surface area (Å²) < 4.78 is 6.64. The summed E-state index contributed by atoms with van der Waals surface area (Å²) in [6.07, 6.45) is 0.399. The maximum Gasteiger partial charge on any atom is 0.262 e. The lowest BCUT2D eigenvalue weighted by atomic mass is 10.1. The summed E-state index contributed by atoms with van der Waals surface area (Å²) in [5, 5.41) is 5.53. The van der Waals surface area contributed by atoms with Crippen molar-refractivity contribution in [1.82, 2.24) is 0 Å². The van der Waals surface area contributed by atoms with Gasteiger partial charge in [0.25, 0.3) is 5.91 Å². The lowest BCUT2D eigenvalue weighted by Crippen LogP contribution is -2.21. The molecule has 2 N–H and O–H groups in total. The maximum atomic E-state index is 12.1. The second-order valence-corrected chi connectivity index (χ2v) is 6.60. The zero-order valence-electron chi connectivity index (χ0n) is 14.5. The monoisotopic (exact) mass is 404 g/mol. The Balaban J connectivity index is 1.97. The van der Waals surface area contributed by atoms with Crippen molar-refractivity contribution < 1.29 is 14.3 Å². The second-order valence-electron chi connectivity index (χ2n) is 5.69. The highest BCUT2D eigenvalue weighted by atomic mass is 79.9. The van der Waals surface area contributed by atoms with Crippen molar-refractivity contribution in [3.05, 3.63) is 52.0 Å². The van der Waals surface area contributed by atoms with Crippen molar-refractivity contribution in [1.29, 1.82) is 0 Å². The number of benzene rings is 2. The van der Waals surface area contributed by atoms with Crippen LogP contribution >= 0.6 is 15.9 Å². The van der Waals surface area contributed by atoms with Crippen LogP contribution in [0.1, 0.15) is 24.5 Å². The van der Waals surface area contributed by atoms with Crippen LogP contribution in [0.4, 0.5) is 11.4 Å². The van der Waals surface area contributed by atoms with Gasteiger partial charge in [-0.1, -0.05) is 28.9 Å². The molecule has 0 heterocycles. The molecule has 2 aromatic rings. The van der Waals surface area contributed by atoms with Gasteiger partial charge in [-0.05, 0) is 55.3 Å². The van der Waals surface area contributed by atoms with Crippen LogP contribution in [-0.4, -0.2) is 18.4 Å². The van der Waals surface area contributed by atoms with Gasteiger partial charge in [0, 0.05) is 22.3 Å². The summed E-state index contributed by atoms with van der Waals surface area (Å²) in [7, 11) is 0. The third-order valence-corrected chi connectivity index (χ3v) is 3.98. The molecular weight excluding hydrogens is 384 g/mol. The molecule has 132 valence electrons. The van der Waals surface area contributed by atoms with Gasteiger partial charge >= 0.3 is 0 Å². The van der Waals surface area contributed by atoms with E-state index >= 15 is 0 Å². The molecule has 0 saturated carbocycles. The molecule has 5 nitrogen and oxygen atoms in total. The predicted octanol–water partition coefficient (Wildman–Crippen LogP) is 4.43. The number of hydrogen-bond donors (Lipinski definition) is 2. The minimum atomic E-state index is -0.263. The highest BCUT2D eigenvalue weighted by molar-refractivity contribution is 9.10. The van der Waals surface area contributed by atoms with Gasteiger partial charge in [-0.2, -0.15) is 0 Å². The van der Waals surface area contributed by atoms with Gasteiger partial charge < -0.3 is 15.4 Å². The summed E-state index contributed by atoms with van der Waals surface area (Å²) in [4.78, 5) is 23.6. The molecular formula is C19H21BrN2O3. The Morgan fingerprint density at radius 3 is 2.12 bits per heavy atom. The molecule has 0 fully saturated rings. The number of nitrogens with one attached hydrogen (secondary N) is 2. The van der Waals surface area contributed by atoms with Crippen molar-refractivity contribution in [2.24, 2.45) is 0 Å². The lowest BCUT2D eigenvalue weighted by molar-refractivity contribution is -0.118. The van der Waals surface area contributed by atoms with Gasteiger partial charge in [-0.25, -0.2) is 0 Å². The van der Waals surface area contributed by atoms with E-state index in [0.29, 0.717) is 23.5 Å². The standard InChI is InChI=1S/C19H21BrN2O3/c1-4-17(23)21-15-6-5-7-16(10-15)22-18(24)11-25-19-12(2)8-14(20)9-13(19)3/h5-10H,4,11H2,1-3H3,(H,21,23)(H,22,24). The summed E-state index contributed by atoms with van der Waals surface area (Å²) in [5.41, 5.74) is 3.17. The Morgan fingerprint density at radius 1 is 1.00 bits per heavy atom. The molecule has 2 amide bonds. The first-order valence-electron chi connectivity index (χ1n) is 7.98.